The number of hydrogen-bond acceptors (Lipinski definition) is 3. The van der Waals surface area contributed by atoms with Crippen LogP contribution in [-0.4, -0.2) is 38.7 Å². The zero-order valence-corrected chi connectivity index (χ0v) is 12.1. The van der Waals surface area contributed by atoms with Gasteiger partial charge < -0.3 is 21.1 Å². The maximum atomic E-state index is 11.5. The number of amides is 1. The van der Waals surface area contributed by atoms with Crippen LogP contribution in [0.2, 0.25) is 0 Å². The first-order chi connectivity index (χ1) is 9.56. The molecule has 0 aromatic heterocycles. The fourth-order valence-corrected chi connectivity index (χ4v) is 1.72. The van der Waals surface area contributed by atoms with Crippen LogP contribution < -0.4 is 16.4 Å². The number of aliphatic imine (C=N–C) groups is 1. The molecule has 1 rings (SSSR count). The van der Waals surface area contributed by atoms with Crippen molar-refractivity contribution in [3.8, 4) is 0 Å². The molecule has 0 aliphatic rings. The first kappa shape index (κ1) is 16.0. The lowest BCUT2D eigenvalue weighted by Crippen LogP contribution is -2.40. The normalized spacial score (nSPS) is 12.8. The molecule has 1 amide bonds. The topological polar surface area (TPSA) is 88.7 Å². The third-order valence-corrected chi connectivity index (χ3v) is 2.66. The van der Waals surface area contributed by atoms with Gasteiger partial charge in [0.25, 0.3) is 5.91 Å². The van der Waals surface area contributed by atoms with E-state index in [2.05, 4.69) is 15.6 Å². The number of hydrogen-bond donors (Lipinski definition) is 3. The summed E-state index contributed by atoms with van der Waals surface area (Å²) in [5.41, 5.74) is 7.32. The van der Waals surface area contributed by atoms with E-state index in [1.54, 1.807) is 26.3 Å². The number of nitrogens with one attached hydrogen (secondary N) is 2. The first-order valence-electron chi connectivity index (χ1n) is 6.43. The number of carbonyl (C=O) groups excluding carboxylic acids is 1. The van der Waals surface area contributed by atoms with Crippen molar-refractivity contribution in [3.05, 3.63) is 35.4 Å². The molecule has 110 valence electrons. The molecule has 1 aromatic carbocycles. The number of methoxy groups -OCH3 is 1. The van der Waals surface area contributed by atoms with Gasteiger partial charge in [-0.3, -0.25) is 4.79 Å². The highest BCUT2D eigenvalue weighted by Gasteiger charge is 2.04. The summed E-state index contributed by atoms with van der Waals surface area (Å²) in [5, 5.41) is 5.61. The zero-order chi connectivity index (χ0) is 15.0. The number of nitrogens with two attached hydrogens (primary N) is 1. The Balaban J connectivity index is 2.62. The Bertz CT molecular complexity index is 474. The highest BCUT2D eigenvalue weighted by atomic mass is 16.5. The van der Waals surface area contributed by atoms with Crippen LogP contribution in [-0.2, 0) is 11.3 Å². The predicted molar refractivity (Wildman–Crippen MR) is 79.6 cm³/mol. The second-order valence-corrected chi connectivity index (χ2v) is 4.48. The molecule has 6 nitrogen and oxygen atoms in total. The van der Waals surface area contributed by atoms with E-state index in [1.165, 1.54) is 0 Å². The van der Waals surface area contributed by atoms with Crippen LogP contribution in [0.4, 0.5) is 0 Å². The van der Waals surface area contributed by atoms with E-state index < -0.39 is 0 Å². The number of nitrogens with zero attached hydrogens (tertiary/aromatic N) is 1. The second-order valence-electron chi connectivity index (χ2n) is 4.48. The number of benzene rings is 1. The summed E-state index contributed by atoms with van der Waals surface area (Å²) >= 11 is 0. The monoisotopic (exact) mass is 278 g/mol. The van der Waals surface area contributed by atoms with Crippen LogP contribution in [0.1, 0.15) is 22.8 Å². The molecule has 0 heterocycles. The predicted octanol–water partition coefficient (Wildman–Crippen LogP) is 0.485. The number of carbonyl (C=O) groups is 1. The van der Waals surface area contributed by atoms with Gasteiger partial charge in [0, 0.05) is 25.8 Å². The first-order valence-corrected chi connectivity index (χ1v) is 6.43. The van der Waals surface area contributed by atoms with E-state index in [4.69, 9.17) is 10.5 Å². The van der Waals surface area contributed by atoms with E-state index >= 15 is 0 Å². The Morgan fingerprint density at radius 3 is 2.90 bits per heavy atom. The van der Waals surface area contributed by atoms with Gasteiger partial charge in [-0.15, -0.1) is 0 Å². The largest absolute Gasteiger partial charge is 0.383 e. The Morgan fingerprint density at radius 1 is 1.50 bits per heavy atom. The van der Waals surface area contributed by atoms with Gasteiger partial charge in [-0.05, 0) is 24.6 Å². The number of guanidine groups is 1. The highest BCUT2D eigenvalue weighted by Crippen LogP contribution is 2.06. The van der Waals surface area contributed by atoms with Gasteiger partial charge in [-0.2, -0.15) is 0 Å². The van der Waals surface area contributed by atoms with Crippen molar-refractivity contribution in [3.63, 3.8) is 0 Å². The summed E-state index contributed by atoms with van der Waals surface area (Å²) in [4.78, 5) is 15.8. The summed E-state index contributed by atoms with van der Waals surface area (Å²) < 4.78 is 5.00. The molecule has 20 heavy (non-hydrogen) atoms. The van der Waals surface area contributed by atoms with Gasteiger partial charge >= 0.3 is 0 Å². The molecular formula is C14H22N4O2. The number of ether oxygens (including phenoxy) is 1. The van der Waals surface area contributed by atoms with Gasteiger partial charge in [0.1, 0.15) is 0 Å². The average Bonchev–Trinajstić information content (AvgIpc) is 2.44. The maximum Gasteiger partial charge on any atom is 0.251 e. The third kappa shape index (κ3) is 5.27. The van der Waals surface area contributed by atoms with Crippen LogP contribution >= 0.6 is 0 Å². The Labute approximate surface area is 119 Å². The molecule has 6 heteroatoms. The molecule has 0 aliphatic carbocycles. The summed E-state index contributed by atoms with van der Waals surface area (Å²) in [7, 11) is 3.24. The van der Waals surface area contributed by atoms with E-state index in [0.29, 0.717) is 24.7 Å². The van der Waals surface area contributed by atoms with Gasteiger partial charge in [-0.1, -0.05) is 12.1 Å². The van der Waals surface area contributed by atoms with Gasteiger partial charge in [0.05, 0.1) is 13.2 Å². The van der Waals surface area contributed by atoms with Crippen molar-refractivity contribution in [2.75, 3.05) is 20.8 Å². The molecule has 0 bridgehead atoms. The standard InChI is InChI=1S/C14H22N4O2/c1-10(9-20-3)18-14(15)17-8-11-5-4-6-12(7-11)13(19)16-2/h4-7,10H,8-9H2,1-3H3,(H,16,19)(H3,15,17,18). The van der Waals surface area contributed by atoms with Gasteiger partial charge in [0.15, 0.2) is 5.96 Å². The minimum Gasteiger partial charge on any atom is -0.383 e. The van der Waals surface area contributed by atoms with Crippen LogP contribution in [0.5, 0.6) is 0 Å². The lowest BCUT2D eigenvalue weighted by molar-refractivity contribution is 0.0963. The fraction of sp³-hybridized carbons (Fsp3) is 0.429. The summed E-state index contributed by atoms with van der Waals surface area (Å²) in [6.07, 6.45) is 0. The minimum atomic E-state index is -0.115. The van der Waals surface area contributed by atoms with E-state index in [0.717, 1.165) is 5.56 Å². The molecule has 0 saturated heterocycles. The minimum absolute atomic E-state index is 0.0981. The van der Waals surface area contributed by atoms with E-state index in [-0.39, 0.29) is 11.9 Å². The Kier molecular flexibility index (Phi) is 6.52. The zero-order valence-electron chi connectivity index (χ0n) is 12.1. The molecule has 1 unspecified atom stereocenters. The molecular weight excluding hydrogens is 256 g/mol. The highest BCUT2D eigenvalue weighted by molar-refractivity contribution is 5.94. The molecule has 0 saturated carbocycles. The Hall–Kier alpha value is -2.08. The number of rotatable bonds is 6. The van der Waals surface area contributed by atoms with Crippen molar-refractivity contribution in [1.82, 2.24) is 10.6 Å². The molecule has 0 fully saturated rings. The lowest BCUT2D eigenvalue weighted by atomic mass is 10.1. The van der Waals surface area contributed by atoms with Crippen molar-refractivity contribution in [2.24, 2.45) is 10.7 Å². The molecule has 1 aromatic rings. The van der Waals surface area contributed by atoms with Crippen molar-refractivity contribution < 1.29 is 9.53 Å². The second kappa shape index (κ2) is 8.16. The van der Waals surface area contributed by atoms with Crippen molar-refractivity contribution in [2.45, 2.75) is 19.5 Å². The van der Waals surface area contributed by atoms with Gasteiger partial charge in [-0.25, -0.2) is 4.99 Å². The van der Waals surface area contributed by atoms with Crippen LogP contribution in [0.15, 0.2) is 29.3 Å². The summed E-state index contributed by atoms with van der Waals surface area (Å²) in [6.45, 7) is 2.93. The quantitative estimate of drug-likeness (QED) is 0.522. The molecule has 0 aliphatic heterocycles. The molecule has 1 atom stereocenters. The van der Waals surface area contributed by atoms with Gasteiger partial charge in [0.2, 0.25) is 0 Å². The molecule has 4 N–H and O–H groups in total. The van der Waals surface area contributed by atoms with Crippen molar-refractivity contribution in [1.29, 1.82) is 0 Å². The van der Waals surface area contributed by atoms with Crippen molar-refractivity contribution >= 4 is 11.9 Å². The smallest absolute Gasteiger partial charge is 0.251 e. The van der Waals surface area contributed by atoms with E-state index in [9.17, 15) is 4.79 Å². The van der Waals surface area contributed by atoms with Crippen LogP contribution in [0, 0.1) is 0 Å². The summed E-state index contributed by atoms with van der Waals surface area (Å²) in [5.74, 6) is 0.246. The fourth-order valence-electron chi connectivity index (χ4n) is 1.72. The Morgan fingerprint density at radius 2 is 2.25 bits per heavy atom. The van der Waals surface area contributed by atoms with Crippen LogP contribution in [0.3, 0.4) is 0 Å². The third-order valence-electron chi connectivity index (χ3n) is 2.66. The SMILES string of the molecule is CNC(=O)c1cccc(CN=C(N)NC(C)COC)c1. The average molecular weight is 278 g/mol. The maximum absolute atomic E-state index is 11.5. The summed E-state index contributed by atoms with van der Waals surface area (Å²) in [6, 6.07) is 7.39. The van der Waals surface area contributed by atoms with E-state index in [1.807, 2.05) is 19.1 Å². The molecule has 0 spiro atoms. The molecule has 0 radical (unpaired) electrons. The lowest BCUT2D eigenvalue weighted by Gasteiger charge is -2.13. The van der Waals surface area contributed by atoms with Crippen LogP contribution in [0.25, 0.3) is 0 Å².